The van der Waals surface area contributed by atoms with E-state index in [1.165, 1.54) is 28.9 Å². The number of aromatic nitrogens is 2. The summed E-state index contributed by atoms with van der Waals surface area (Å²) in [5.74, 6) is 0.900. The molecule has 1 aromatic heterocycles. The van der Waals surface area contributed by atoms with E-state index in [1.807, 2.05) is 24.3 Å². The van der Waals surface area contributed by atoms with E-state index < -0.39 is 16.3 Å². The number of aryl methyl sites for hydroxylation is 1. The van der Waals surface area contributed by atoms with Crippen LogP contribution >= 0.6 is 0 Å². The Hall–Kier alpha value is -2.56. The van der Waals surface area contributed by atoms with Crippen molar-refractivity contribution in [1.82, 2.24) is 23.9 Å². The van der Waals surface area contributed by atoms with Gasteiger partial charge in [-0.3, -0.25) is 4.79 Å². The van der Waals surface area contributed by atoms with Crippen molar-refractivity contribution in [2.75, 3.05) is 27.7 Å². The molecule has 9 nitrogen and oxygen atoms in total. The van der Waals surface area contributed by atoms with E-state index in [0.717, 1.165) is 24.2 Å². The zero-order chi connectivity index (χ0) is 22.6. The van der Waals surface area contributed by atoms with Crippen molar-refractivity contribution >= 4 is 16.1 Å². The highest BCUT2D eigenvalue weighted by atomic mass is 32.2. The fourth-order valence-corrected chi connectivity index (χ4v) is 4.91. The zero-order valence-corrected chi connectivity index (χ0v) is 19.1. The summed E-state index contributed by atoms with van der Waals surface area (Å²) in [4.78, 5) is 21.7. The Morgan fingerprint density at radius 1 is 1.26 bits per heavy atom. The molecule has 168 valence electrons. The van der Waals surface area contributed by atoms with Crippen LogP contribution in [0.1, 0.15) is 52.7 Å². The average Bonchev–Trinajstić information content (AvgIpc) is 2.77. The van der Waals surface area contributed by atoms with Crippen LogP contribution in [0, 0.1) is 6.92 Å². The molecular formula is C21H29N5O4S. The van der Waals surface area contributed by atoms with Gasteiger partial charge >= 0.3 is 0 Å². The van der Waals surface area contributed by atoms with Gasteiger partial charge in [-0.25, -0.2) is 9.97 Å². The molecule has 2 heterocycles. The lowest BCUT2D eigenvalue weighted by Gasteiger charge is -2.36. The fraction of sp³-hybridized carbons (Fsp3) is 0.476. The van der Waals surface area contributed by atoms with Gasteiger partial charge in [-0.15, -0.1) is 0 Å². The number of carbonyl (C=O) groups is 1. The third-order valence-electron chi connectivity index (χ3n) is 5.32. The molecule has 10 heteroatoms. The first-order chi connectivity index (χ1) is 14.7. The molecule has 0 radical (unpaired) electrons. The molecule has 1 N–H and O–H groups in total. The molecule has 0 bridgehead atoms. The van der Waals surface area contributed by atoms with Gasteiger partial charge in [0.2, 0.25) is 0 Å². The Balaban J connectivity index is 1.87. The number of nitrogens with one attached hydrogen (secondary N) is 1. The summed E-state index contributed by atoms with van der Waals surface area (Å²) in [6.07, 6.45) is 3.71. The first kappa shape index (κ1) is 23.1. The highest BCUT2D eigenvalue weighted by Gasteiger charge is 2.37. The van der Waals surface area contributed by atoms with Crippen molar-refractivity contribution in [2.24, 2.45) is 0 Å². The Morgan fingerprint density at radius 2 is 1.97 bits per heavy atom. The molecule has 0 saturated carbocycles. The number of carbonyl (C=O) groups excluding carboxylic acids is 1. The van der Waals surface area contributed by atoms with Crippen LogP contribution in [0.4, 0.5) is 0 Å². The summed E-state index contributed by atoms with van der Waals surface area (Å²) in [5, 5.41) is 2.89. The Labute approximate surface area is 183 Å². The third kappa shape index (κ3) is 5.20. The summed E-state index contributed by atoms with van der Waals surface area (Å²) in [6.45, 7) is 2.44. The molecule has 1 aliphatic rings. The second-order valence-corrected chi connectivity index (χ2v) is 9.75. The smallest absolute Gasteiger partial charge is 0.282 e. The third-order valence-corrected chi connectivity index (χ3v) is 7.28. The number of methoxy groups -OCH3 is 1. The van der Waals surface area contributed by atoms with Crippen molar-refractivity contribution in [1.29, 1.82) is 0 Å². The summed E-state index contributed by atoms with van der Waals surface area (Å²) >= 11 is 0. The highest BCUT2D eigenvalue weighted by molar-refractivity contribution is 7.86. The summed E-state index contributed by atoms with van der Waals surface area (Å²) in [5.41, 5.74) is 1.66. The van der Waals surface area contributed by atoms with Gasteiger partial charge < -0.3 is 10.1 Å². The van der Waals surface area contributed by atoms with Crippen LogP contribution in [0.2, 0.25) is 0 Å². The topological polar surface area (TPSA) is 105 Å². The van der Waals surface area contributed by atoms with Gasteiger partial charge in [-0.1, -0.05) is 18.6 Å². The van der Waals surface area contributed by atoms with Gasteiger partial charge in [0.05, 0.1) is 24.4 Å². The van der Waals surface area contributed by atoms with Gasteiger partial charge in [-0.05, 0) is 37.5 Å². The minimum Gasteiger partial charge on any atom is -0.497 e. The van der Waals surface area contributed by atoms with E-state index in [4.69, 9.17) is 4.74 Å². The molecular weight excluding hydrogens is 418 g/mol. The monoisotopic (exact) mass is 447 g/mol. The number of hydrogen-bond acceptors (Lipinski definition) is 6. The minimum atomic E-state index is -3.65. The van der Waals surface area contributed by atoms with E-state index in [0.29, 0.717) is 36.6 Å². The summed E-state index contributed by atoms with van der Waals surface area (Å²) < 4.78 is 33.6. The van der Waals surface area contributed by atoms with Crippen LogP contribution < -0.4 is 10.1 Å². The van der Waals surface area contributed by atoms with Crippen LogP contribution in [0.5, 0.6) is 5.75 Å². The first-order valence-electron chi connectivity index (χ1n) is 10.2. The number of nitrogens with zero attached hydrogens (tertiary/aromatic N) is 4. The first-order valence-corrected chi connectivity index (χ1v) is 11.6. The van der Waals surface area contributed by atoms with E-state index in [9.17, 15) is 13.2 Å². The Bertz CT molecular complexity index is 1020. The molecule has 1 amide bonds. The van der Waals surface area contributed by atoms with Crippen molar-refractivity contribution in [2.45, 2.75) is 38.8 Å². The minimum absolute atomic E-state index is 0.296. The van der Waals surface area contributed by atoms with E-state index in [2.05, 4.69) is 15.3 Å². The molecule has 3 rings (SSSR count). The van der Waals surface area contributed by atoms with Gasteiger partial charge in [0.15, 0.2) is 0 Å². The number of benzene rings is 1. The standard InChI is InChI=1S/C21H29N5O4S/c1-15-22-14-18(21(27)23-13-16-8-10-17(30-4)11-9-16)20(24-15)19-7-5-6-12-26(19)31(28,29)25(2)3/h8-11,14,19H,5-7,12-13H2,1-4H3,(H,23,27)/t19-/m0/s1. The molecule has 1 fully saturated rings. The largest absolute Gasteiger partial charge is 0.497 e. The van der Waals surface area contributed by atoms with Crippen molar-refractivity contribution in [3.05, 3.63) is 53.1 Å². The lowest BCUT2D eigenvalue weighted by Crippen LogP contribution is -2.45. The predicted octanol–water partition coefficient (Wildman–Crippen LogP) is 2.06. The molecule has 1 aliphatic heterocycles. The van der Waals surface area contributed by atoms with Gasteiger partial charge in [0, 0.05) is 33.4 Å². The SMILES string of the molecule is COc1ccc(CNC(=O)c2cnc(C)nc2[C@@H]2CCCCN2S(=O)(=O)N(C)C)cc1. The van der Waals surface area contributed by atoms with E-state index in [-0.39, 0.29) is 5.91 Å². The average molecular weight is 448 g/mol. The van der Waals surface area contributed by atoms with Gasteiger partial charge in [-0.2, -0.15) is 17.0 Å². The number of hydrogen-bond donors (Lipinski definition) is 1. The van der Waals surface area contributed by atoms with Crippen LogP contribution in [0.25, 0.3) is 0 Å². The zero-order valence-electron chi connectivity index (χ0n) is 18.3. The Kier molecular flexibility index (Phi) is 7.24. The molecule has 1 atom stereocenters. The van der Waals surface area contributed by atoms with Crippen LogP contribution in [0.3, 0.4) is 0 Å². The maximum atomic E-state index is 13.0. The highest BCUT2D eigenvalue weighted by Crippen LogP contribution is 2.34. The second-order valence-electron chi connectivity index (χ2n) is 7.66. The normalized spacial score (nSPS) is 17.5. The van der Waals surface area contributed by atoms with Crippen molar-refractivity contribution in [3.63, 3.8) is 0 Å². The molecule has 31 heavy (non-hydrogen) atoms. The number of amides is 1. The predicted molar refractivity (Wildman–Crippen MR) is 117 cm³/mol. The number of piperidine rings is 1. The molecule has 0 unspecified atom stereocenters. The van der Waals surface area contributed by atoms with Crippen molar-refractivity contribution < 1.29 is 17.9 Å². The molecule has 0 aliphatic carbocycles. The Morgan fingerprint density at radius 3 is 2.61 bits per heavy atom. The van der Waals surface area contributed by atoms with E-state index in [1.54, 1.807) is 14.0 Å². The van der Waals surface area contributed by atoms with Crippen LogP contribution in [0.15, 0.2) is 30.5 Å². The number of ether oxygens (including phenoxy) is 1. The van der Waals surface area contributed by atoms with Crippen LogP contribution in [-0.4, -0.2) is 60.7 Å². The summed E-state index contributed by atoms with van der Waals surface area (Å²) in [7, 11) is 0.963. The maximum absolute atomic E-state index is 13.0. The molecule has 0 spiro atoms. The van der Waals surface area contributed by atoms with Crippen LogP contribution in [-0.2, 0) is 16.8 Å². The van der Waals surface area contributed by atoms with Gasteiger partial charge in [0.1, 0.15) is 11.6 Å². The quantitative estimate of drug-likeness (QED) is 0.697. The van der Waals surface area contributed by atoms with Gasteiger partial charge in [0.25, 0.3) is 16.1 Å². The van der Waals surface area contributed by atoms with E-state index >= 15 is 0 Å². The number of rotatable bonds is 7. The lowest BCUT2D eigenvalue weighted by atomic mass is 9.98. The van der Waals surface area contributed by atoms with Crippen molar-refractivity contribution in [3.8, 4) is 5.75 Å². The fourth-order valence-electron chi connectivity index (χ4n) is 3.60. The molecule has 2 aromatic rings. The second kappa shape index (κ2) is 9.71. The maximum Gasteiger partial charge on any atom is 0.282 e. The molecule has 1 aromatic carbocycles. The lowest BCUT2D eigenvalue weighted by molar-refractivity contribution is 0.0946. The summed E-state index contributed by atoms with van der Waals surface area (Å²) in [6, 6.07) is 6.89. The molecule has 1 saturated heterocycles.